The summed E-state index contributed by atoms with van der Waals surface area (Å²) in [6.07, 6.45) is -0.331. The fraction of sp³-hybridized carbons (Fsp3) is 0.500. The lowest BCUT2D eigenvalue weighted by Crippen LogP contribution is -2.34. The Balaban J connectivity index is 2.04. The highest BCUT2D eigenvalue weighted by molar-refractivity contribution is 5.92. The van der Waals surface area contributed by atoms with Gasteiger partial charge < -0.3 is 20.5 Å². The van der Waals surface area contributed by atoms with Gasteiger partial charge in [0.05, 0.1) is 19.1 Å². The largest absolute Gasteiger partial charge is 0.346 e. The van der Waals surface area contributed by atoms with Crippen molar-refractivity contribution in [2.45, 2.75) is 26.2 Å². The first-order chi connectivity index (χ1) is 9.08. The molecule has 5 nitrogen and oxygen atoms in total. The van der Waals surface area contributed by atoms with Gasteiger partial charge in [0.2, 0.25) is 5.91 Å². The van der Waals surface area contributed by atoms with Crippen molar-refractivity contribution >= 4 is 11.6 Å². The Morgan fingerprint density at radius 3 is 2.68 bits per heavy atom. The SMILES string of the molecule is CC(N)C(C)C(=O)Nc1cccc(C2OCCO2)c1. The predicted octanol–water partition coefficient (Wildman–Crippen LogP) is 1.65. The van der Waals surface area contributed by atoms with Crippen LogP contribution >= 0.6 is 0 Å². The molecular formula is C14H20N2O3. The number of carbonyl (C=O) groups excluding carboxylic acids is 1. The van der Waals surface area contributed by atoms with Crippen LogP contribution in [0.3, 0.4) is 0 Å². The second-order valence-electron chi connectivity index (χ2n) is 4.84. The summed E-state index contributed by atoms with van der Waals surface area (Å²) < 4.78 is 10.9. The predicted molar refractivity (Wildman–Crippen MR) is 72.5 cm³/mol. The molecule has 1 heterocycles. The second kappa shape index (κ2) is 6.14. The van der Waals surface area contributed by atoms with Crippen molar-refractivity contribution in [2.24, 2.45) is 11.7 Å². The minimum Gasteiger partial charge on any atom is -0.346 e. The third-order valence-corrected chi connectivity index (χ3v) is 3.25. The van der Waals surface area contributed by atoms with E-state index < -0.39 is 0 Å². The summed E-state index contributed by atoms with van der Waals surface area (Å²) >= 11 is 0. The molecule has 1 fully saturated rings. The molecule has 2 atom stereocenters. The molecule has 1 saturated heterocycles. The zero-order chi connectivity index (χ0) is 13.8. The van der Waals surface area contributed by atoms with Crippen molar-refractivity contribution in [2.75, 3.05) is 18.5 Å². The molecule has 104 valence electrons. The molecule has 0 aromatic heterocycles. The van der Waals surface area contributed by atoms with Gasteiger partial charge in [0, 0.05) is 17.3 Å². The van der Waals surface area contributed by atoms with Crippen LogP contribution in [-0.2, 0) is 14.3 Å². The van der Waals surface area contributed by atoms with Crippen LogP contribution in [0.25, 0.3) is 0 Å². The lowest BCUT2D eigenvalue weighted by molar-refractivity contribution is -0.119. The monoisotopic (exact) mass is 264 g/mol. The first kappa shape index (κ1) is 14.0. The highest BCUT2D eigenvalue weighted by Crippen LogP contribution is 2.25. The van der Waals surface area contributed by atoms with E-state index in [0.717, 1.165) is 11.3 Å². The first-order valence-corrected chi connectivity index (χ1v) is 6.47. The zero-order valence-electron chi connectivity index (χ0n) is 11.3. The summed E-state index contributed by atoms with van der Waals surface area (Å²) in [5.41, 5.74) is 7.36. The summed E-state index contributed by atoms with van der Waals surface area (Å²) in [7, 11) is 0. The number of nitrogens with two attached hydrogens (primary N) is 1. The molecule has 1 amide bonds. The highest BCUT2D eigenvalue weighted by atomic mass is 16.7. The maximum absolute atomic E-state index is 11.9. The standard InChI is InChI=1S/C14H20N2O3/c1-9(10(2)15)13(17)16-12-5-3-4-11(8-12)14-18-6-7-19-14/h3-5,8-10,14H,6-7,15H2,1-2H3,(H,16,17). The van der Waals surface area contributed by atoms with Crippen LogP contribution in [0.1, 0.15) is 25.7 Å². The van der Waals surface area contributed by atoms with E-state index in [4.69, 9.17) is 15.2 Å². The third-order valence-electron chi connectivity index (χ3n) is 3.25. The molecule has 5 heteroatoms. The van der Waals surface area contributed by atoms with Crippen LogP contribution in [0, 0.1) is 5.92 Å². The van der Waals surface area contributed by atoms with E-state index in [0.29, 0.717) is 13.2 Å². The summed E-state index contributed by atoms with van der Waals surface area (Å²) in [5.74, 6) is -0.317. The number of benzene rings is 1. The van der Waals surface area contributed by atoms with Gasteiger partial charge >= 0.3 is 0 Å². The Kier molecular flexibility index (Phi) is 4.52. The normalized spacial score (nSPS) is 19.1. The lowest BCUT2D eigenvalue weighted by Gasteiger charge is -2.16. The van der Waals surface area contributed by atoms with E-state index in [2.05, 4.69) is 5.32 Å². The first-order valence-electron chi connectivity index (χ1n) is 6.47. The van der Waals surface area contributed by atoms with E-state index in [1.165, 1.54) is 0 Å². The molecule has 1 aliphatic rings. The average Bonchev–Trinajstić information content (AvgIpc) is 2.91. The fourth-order valence-electron chi connectivity index (χ4n) is 1.81. The molecule has 0 aliphatic carbocycles. The molecule has 0 bridgehead atoms. The van der Waals surface area contributed by atoms with Crippen molar-refractivity contribution < 1.29 is 14.3 Å². The van der Waals surface area contributed by atoms with Crippen LogP contribution in [-0.4, -0.2) is 25.2 Å². The Bertz CT molecular complexity index is 442. The van der Waals surface area contributed by atoms with Crippen molar-refractivity contribution in [1.29, 1.82) is 0 Å². The van der Waals surface area contributed by atoms with Gasteiger partial charge in [-0.15, -0.1) is 0 Å². The van der Waals surface area contributed by atoms with Crippen molar-refractivity contribution in [3.05, 3.63) is 29.8 Å². The summed E-state index contributed by atoms with van der Waals surface area (Å²) in [5, 5.41) is 2.86. The highest BCUT2D eigenvalue weighted by Gasteiger charge is 2.20. The number of hydrogen-bond acceptors (Lipinski definition) is 4. The van der Waals surface area contributed by atoms with Gasteiger partial charge in [0.25, 0.3) is 0 Å². The molecule has 0 saturated carbocycles. The molecule has 1 aliphatic heterocycles. The Labute approximate surface area is 113 Å². The van der Waals surface area contributed by atoms with Crippen LogP contribution in [0.4, 0.5) is 5.69 Å². The maximum Gasteiger partial charge on any atom is 0.228 e. The topological polar surface area (TPSA) is 73.6 Å². The average molecular weight is 264 g/mol. The second-order valence-corrected chi connectivity index (χ2v) is 4.84. The van der Waals surface area contributed by atoms with E-state index in [9.17, 15) is 4.79 Å². The Morgan fingerprint density at radius 2 is 2.05 bits per heavy atom. The van der Waals surface area contributed by atoms with E-state index in [1.54, 1.807) is 0 Å². The van der Waals surface area contributed by atoms with Gasteiger partial charge in [-0.25, -0.2) is 0 Å². The van der Waals surface area contributed by atoms with Gasteiger partial charge in [-0.2, -0.15) is 0 Å². The van der Waals surface area contributed by atoms with Gasteiger partial charge in [-0.1, -0.05) is 19.1 Å². The molecular weight excluding hydrogens is 244 g/mol. The molecule has 3 N–H and O–H groups in total. The van der Waals surface area contributed by atoms with E-state index >= 15 is 0 Å². The molecule has 2 rings (SSSR count). The summed E-state index contributed by atoms with van der Waals surface area (Å²) in [6, 6.07) is 7.31. The minimum absolute atomic E-state index is 0.0830. The molecule has 1 aromatic rings. The van der Waals surface area contributed by atoms with Crippen molar-refractivity contribution in [3.8, 4) is 0 Å². The van der Waals surface area contributed by atoms with Gasteiger partial charge in [0.1, 0.15) is 0 Å². The number of amides is 1. The smallest absolute Gasteiger partial charge is 0.228 e. The fourth-order valence-corrected chi connectivity index (χ4v) is 1.81. The minimum atomic E-state index is -0.331. The van der Waals surface area contributed by atoms with Crippen LogP contribution in [0.5, 0.6) is 0 Å². The number of hydrogen-bond donors (Lipinski definition) is 2. The molecule has 0 spiro atoms. The summed E-state index contributed by atoms with van der Waals surface area (Å²) in [6.45, 7) is 4.83. The van der Waals surface area contributed by atoms with Gasteiger partial charge in [-0.05, 0) is 19.1 Å². The number of ether oxygens (including phenoxy) is 2. The van der Waals surface area contributed by atoms with Crippen molar-refractivity contribution in [3.63, 3.8) is 0 Å². The van der Waals surface area contributed by atoms with Crippen LogP contribution in [0.15, 0.2) is 24.3 Å². The Hall–Kier alpha value is -1.43. The number of nitrogens with one attached hydrogen (secondary N) is 1. The molecule has 1 aromatic carbocycles. The zero-order valence-corrected chi connectivity index (χ0v) is 11.3. The molecule has 2 unspecified atom stereocenters. The third kappa shape index (κ3) is 3.53. The van der Waals surface area contributed by atoms with E-state index in [-0.39, 0.29) is 24.2 Å². The number of carbonyl (C=O) groups is 1. The van der Waals surface area contributed by atoms with E-state index in [1.807, 2.05) is 38.1 Å². The van der Waals surface area contributed by atoms with Crippen LogP contribution in [0.2, 0.25) is 0 Å². The quantitative estimate of drug-likeness (QED) is 0.867. The van der Waals surface area contributed by atoms with Crippen molar-refractivity contribution in [1.82, 2.24) is 0 Å². The van der Waals surface area contributed by atoms with Gasteiger partial charge in [0.15, 0.2) is 6.29 Å². The van der Waals surface area contributed by atoms with Crippen LogP contribution < -0.4 is 11.1 Å². The summed E-state index contributed by atoms with van der Waals surface area (Å²) in [4.78, 5) is 11.9. The van der Waals surface area contributed by atoms with Gasteiger partial charge in [-0.3, -0.25) is 4.79 Å². The molecule has 0 radical (unpaired) electrons. The lowest BCUT2D eigenvalue weighted by atomic mass is 10.0. The maximum atomic E-state index is 11.9. The Morgan fingerprint density at radius 1 is 1.37 bits per heavy atom. The number of rotatable bonds is 4. The molecule has 19 heavy (non-hydrogen) atoms. The number of anilines is 1.